The van der Waals surface area contributed by atoms with E-state index < -0.39 is 0 Å². The maximum Gasteiger partial charge on any atom is 0.172 e. The molecule has 21 heavy (non-hydrogen) atoms. The molecule has 0 bridgehead atoms. The Labute approximate surface area is 130 Å². The number of halogens is 1. The zero-order valence-corrected chi connectivity index (χ0v) is 12.8. The minimum atomic E-state index is 0.105. The predicted molar refractivity (Wildman–Crippen MR) is 85.3 cm³/mol. The Morgan fingerprint density at radius 3 is 2.62 bits per heavy atom. The second-order valence-electron chi connectivity index (χ2n) is 5.88. The summed E-state index contributed by atoms with van der Waals surface area (Å²) in [5.74, 6) is 1.03. The SMILES string of the molecule is NC(=NO)c1cc(Cl)ccc1N1CCN(CC2CC2)CC1. The van der Waals surface area contributed by atoms with Gasteiger partial charge in [0, 0.05) is 49.0 Å². The largest absolute Gasteiger partial charge is 0.409 e. The summed E-state index contributed by atoms with van der Waals surface area (Å²) >= 11 is 6.03. The highest BCUT2D eigenvalue weighted by Gasteiger charge is 2.27. The summed E-state index contributed by atoms with van der Waals surface area (Å²) in [5, 5.41) is 12.7. The summed E-state index contributed by atoms with van der Waals surface area (Å²) in [5.41, 5.74) is 7.46. The topological polar surface area (TPSA) is 65.1 Å². The van der Waals surface area contributed by atoms with E-state index in [0.29, 0.717) is 10.6 Å². The van der Waals surface area contributed by atoms with Crippen LogP contribution in [0.2, 0.25) is 5.02 Å². The molecule has 6 heteroatoms. The third-order valence-corrected chi connectivity index (χ3v) is 4.50. The van der Waals surface area contributed by atoms with Crippen molar-refractivity contribution in [2.24, 2.45) is 16.8 Å². The highest BCUT2D eigenvalue weighted by molar-refractivity contribution is 6.31. The fourth-order valence-electron chi connectivity index (χ4n) is 2.88. The minimum Gasteiger partial charge on any atom is -0.409 e. The van der Waals surface area contributed by atoms with Gasteiger partial charge in [0.2, 0.25) is 0 Å². The molecule has 0 spiro atoms. The fourth-order valence-corrected chi connectivity index (χ4v) is 3.05. The fraction of sp³-hybridized carbons (Fsp3) is 0.533. The van der Waals surface area contributed by atoms with Crippen molar-refractivity contribution < 1.29 is 5.21 Å². The summed E-state index contributed by atoms with van der Waals surface area (Å²) in [6.07, 6.45) is 2.79. The Bertz CT molecular complexity index is 536. The molecule has 1 heterocycles. The van der Waals surface area contributed by atoms with Crippen molar-refractivity contribution in [3.8, 4) is 0 Å². The lowest BCUT2D eigenvalue weighted by molar-refractivity contribution is 0.248. The van der Waals surface area contributed by atoms with Gasteiger partial charge in [-0.15, -0.1) is 0 Å². The van der Waals surface area contributed by atoms with Crippen molar-refractivity contribution in [1.82, 2.24) is 4.90 Å². The number of nitrogens with two attached hydrogens (primary N) is 1. The van der Waals surface area contributed by atoms with Crippen LogP contribution in [0.5, 0.6) is 0 Å². The molecule has 2 aliphatic rings. The zero-order valence-electron chi connectivity index (χ0n) is 12.0. The molecule has 1 aromatic rings. The van der Waals surface area contributed by atoms with Gasteiger partial charge in [0.05, 0.1) is 0 Å². The van der Waals surface area contributed by atoms with Crippen molar-refractivity contribution in [2.75, 3.05) is 37.6 Å². The molecular weight excluding hydrogens is 288 g/mol. The van der Waals surface area contributed by atoms with Crippen molar-refractivity contribution in [2.45, 2.75) is 12.8 Å². The van der Waals surface area contributed by atoms with Crippen LogP contribution in [0.15, 0.2) is 23.4 Å². The molecule has 1 saturated carbocycles. The van der Waals surface area contributed by atoms with E-state index in [4.69, 9.17) is 22.5 Å². The molecule has 1 saturated heterocycles. The average Bonchev–Trinajstić information content (AvgIpc) is 3.31. The summed E-state index contributed by atoms with van der Waals surface area (Å²) in [6.45, 7) is 5.28. The monoisotopic (exact) mass is 308 g/mol. The van der Waals surface area contributed by atoms with Crippen LogP contribution in [0.1, 0.15) is 18.4 Å². The van der Waals surface area contributed by atoms with Crippen LogP contribution in [0.25, 0.3) is 0 Å². The first-order valence-corrected chi connectivity index (χ1v) is 7.80. The smallest absolute Gasteiger partial charge is 0.172 e. The number of nitrogens with zero attached hydrogens (tertiary/aromatic N) is 3. The maximum atomic E-state index is 8.94. The van der Waals surface area contributed by atoms with Gasteiger partial charge in [0.25, 0.3) is 0 Å². The Morgan fingerprint density at radius 1 is 1.29 bits per heavy atom. The molecule has 3 N–H and O–H groups in total. The van der Waals surface area contributed by atoms with Crippen LogP contribution in [0.4, 0.5) is 5.69 Å². The first kappa shape index (κ1) is 14.5. The summed E-state index contributed by atoms with van der Waals surface area (Å²) in [4.78, 5) is 4.82. The molecule has 114 valence electrons. The standard InChI is InChI=1S/C15H21ClN4O/c16-12-3-4-14(13(9-12)15(17)18-21)20-7-5-19(6-8-20)10-11-1-2-11/h3-4,9,11,21H,1-2,5-8,10H2,(H2,17,18). The van der Waals surface area contributed by atoms with Crippen LogP contribution in [0.3, 0.4) is 0 Å². The Hall–Kier alpha value is -1.46. The number of hydrogen-bond donors (Lipinski definition) is 2. The van der Waals surface area contributed by atoms with Crippen LogP contribution in [-0.4, -0.2) is 48.7 Å². The van der Waals surface area contributed by atoms with Crippen LogP contribution in [0, 0.1) is 5.92 Å². The zero-order chi connectivity index (χ0) is 14.8. The number of hydrogen-bond acceptors (Lipinski definition) is 4. The molecular formula is C15H21ClN4O. The molecule has 1 aliphatic heterocycles. The van der Waals surface area contributed by atoms with Crippen LogP contribution >= 0.6 is 11.6 Å². The summed E-state index contributed by atoms with van der Waals surface area (Å²) in [7, 11) is 0. The summed E-state index contributed by atoms with van der Waals surface area (Å²) in [6, 6.07) is 5.55. The van der Waals surface area contributed by atoms with Gasteiger partial charge in [-0.25, -0.2) is 0 Å². The molecule has 0 aromatic heterocycles. The number of piperazine rings is 1. The van der Waals surface area contributed by atoms with E-state index in [0.717, 1.165) is 37.8 Å². The number of amidine groups is 1. The van der Waals surface area contributed by atoms with Gasteiger partial charge >= 0.3 is 0 Å². The predicted octanol–water partition coefficient (Wildman–Crippen LogP) is 1.97. The highest BCUT2D eigenvalue weighted by Crippen LogP contribution is 2.31. The van der Waals surface area contributed by atoms with Crippen molar-refractivity contribution in [3.63, 3.8) is 0 Å². The van der Waals surface area contributed by atoms with Gasteiger partial charge in [-0.2, -0.15) is 0 Å². The van der Waals surface area contributed by atoms with Gasteiger partial charge in [-0.1, -0.05) is 16.8 Å². The number of oxime groups is 1. The van der Waals surface area contributed by atoms with Gasteiger partial charge in [0.15, 0.2) is 5.84 Å². The van der Waals surface area contributed by atoms with Crippen LogP contribution in [-0.2, 0) is 0 Å². The molecule has 0 atom stereocenters. The Balaban J connectivity index is 1.72. The first-order chi connectivity index (χ1) is 10.2. The third kappa shape index (κ3) is 3.41. The highest BCUT2D eigenvalue weighted by atomic mass is 35.5. The van der Waals surface area contributed by atoms with Crippen molar-refractivity contribution >= 4 is 23.1 Å². The maximum absolute atomic E-state index is 8.94. The lowest BCUT2D eigenvalue weighted by atomic mass is 10.1. The molecule has 1 aliphatic carbocycles. The molecule has 2 fully saturated rings. The normalized spacial score (nSPS) is 20.8. The average molecular weight is 309 g/mol. The second-order valence-corrected chi connectivity index (χ2v) is 6.31. The Morgan fingerprint density at radius 2 is 2.00 bits per heavy atom. The minimum absolute atomic E-state index is 0.105. The van der Waals surface area contributed by atoms with E-state index in [1.165, 1.54) is 19.4 Å². The van der Waals surface area contributed by atoms with E-state index in [1.807, 2.05) is 12.1 Å². The van der Waals surface area contributed by atoms with Crippen LogP contribution < -0.4 is 10.6 Å². The van der Waals surface area contributed by atoms with E-state index in [1.54, 1.807) is 6.07 Å². The molecule has 0 unspecified atom stereocenters. The van der Waals surface area contributed by atoms with Gasteiger partial charge in [0.1, 0.15) is 0 Å². The van der Waals surface area contributed by atoms with Gasteiger partial charge < -0.3 is 15.8 Å². The molecule has 0 radical (unpaired) electrons. The first-order valence-electron chi connectivity index (χ1n) is 7.42. The number of benzene rings is 1. The quantitative estimate of drug-likeness (QED) is 0.386. The van der Waals surface area contributed by atoms with Crippen molar-refractivity contribution in [1.29, 1.82) is 0 Å². The Kier molecular flexibility index (Phi) is 4.22. The summed E-state index contributed by atoms with van der Waals surface area (Å²) < 4.78 is 0. The van der Waals surface area contributed by atoms with Gasteiger partial charge in [-0.05, 0) is 37.0 Å². The van der Waals surface area contributed by atoms with E-state index in [2.05, 4.69) is 15.0 Å². The molecule has 1 aromatic carbocycles. The molecule has 3 rings (SSSR count). The van der Waals surface area contributed by atoms with E-state index in [9.17, 15) is 0 Å². The third-order valence-electron chi connectivity index (χ3n) is 4.27. The van der Waals surface area contributed by atoms with Gasteiger partial charge in [-0.3, -0.25) is 4.90 Å². The molecule has 5 nitrogen and oxygen atoms in total. The lowest BCUT2D eigenvalue weighted by Crippen LogP contribution is -2.47. The lowest BCUT2D eigenvalue weighted by Gasteiger charge is -2.37. The van der Waals surface area contributed by atoms with Crippen molar-refractivity contribution in [3.05, 3.63) is 28.8 Å². The van der Waals surface area contributed by atoms with E-state index in [-0.39, 0.29) is 5.84 Å². The second kappa shape index (κ2) is 6.12. The number of anilines is 1. The molecule has 0 amide bonds. The van der Waals surface area contributed by atoms with E-state index >= 15 is 0 Å². The number of rotatable bonds is 4.